The van der Waals surface area contributed by atoms with Gasteiger partial charge in [0.1, 0.15) is 0 Å². The number of carbonyl (C=O) groups excluding carboxylic acids is 1. The summed E-state index contributed by atoms with van der Waals surface area (Å²) in [6.07, 6.45) is 4.55. The van der Waals surface area contributed by atoms with Crippen LogP contribution in [0.25, 0.3) is 0 Å². The third kappa shape index (κ3) is 2.86. The van der Waals surface area contributed by atoms with Crippen molar-refractivity contribution in [3.8, 4) is 0 Å². The van der Waals surface area contributed by atoms with E-state index in [4.69, 9.17) is 4.74 Å². The molecule has 0 atom stereocenters. The van der Waals surface area contributed by atoms with Crippen LogP contribution >= 0.6 is 0 Å². The van der Waals surface area contributed by atoms with E-state index in [0.29, 0.717) is 12.0 Å². The Hall–Kier alpha value is -0.730. The van der Waals surface area contributed by atoms with E-state index in [2.05, 4.69) is 13.8 Å². The maximum atomic E-state index is 11.5. The monoisotopic (exact) mass is 213 g/mol. The van der Waals surface area contributed by atoms with Crippen LogP contribution in [0.4, 0.5) is 4.79 Å². The quantitative estimate of drug-likeness (QED) is 0.721. The van der Waals surface area contributed by atoms with E-state index in [1.807, 2.05) is 11.8 Å². The highest BCUT2D eigenvalue weighted by Crippen LogP contribution is 2.37. The second-order valence-electron chi connectivity index (χ2n) is 4.39. The lowest BCUT2D eigenvalue weighted by molar-refractivity contribution is 0.0645. The maximum Gasteiger partial charge on any atom is 0.409 e. The molecule has 0 spiro atoms. The van der Waals surface area contributed by atoms with Gasteiger partial charge in [-0.15, -0.1) is 0 Å². The van der Waals surface area contributed by atoms with Crippen molar-refractivity contribution in [1.29, 1.82) is 0 Å². The number of rotatable bonds is 3. The van der Waals surface area contributed by atoms with Crippen LogP contribution in [0.3, 0.4) is 0 Å². The third-order valence-corrected chi connectivity index (χ3v) is 3.85. The first-order valence-electron chi connectivity index (χ1n) is 6.09. The Morgan fingerprint density at radius 3 is 2.13 bits per heavy atom. The summed E-state index contributed by atoms with van der Waals surface area (Å²) < 4.78 is 5.00. The van der Waals surface area contributed by atoms with Crippen molar-refractivity contribution < 1.29 is 9.53 Å². The van der Waals surface area contributed by atoms with Crippen molar-refractivity contribution in [2.75, 3.05) is 19.7 Å². The second-order valence-corrected chi connectivity index (χ2v) is 4.39. The first-order valence-corrected chi connectivity index (χ1v) is 6.09. The molecular formula is C12H23NO2. The molecule has 1 aliphatic heterocycles. The molecule has 1 rings (SSSR count). The number of ether oxygens (including phenoxy) is 1. The van der Waals surface area contributed by atoms with Gasteiger partial charge < -0.3 is 9.64 Å². The minimum absolute atomic E-state index is 0.140. The summed E-state index contributed by atoms with van der Waals surface area (Å²) in [7, 11) is 0. The number of carbonyl (C=O) groups is 1. The molecule has 0 aromatic heterocycles. The molecule has 1 heterocycles. The van der Waals surface area contributed by atoms with Crippen molar-refractivity contribution >= 4 is 6.09 Å². The molecular weight excluding hydrogens is 190 g/mol. The van der Waals surface area contributed by atoms with Crippen LogP contribution in [0.15, 0.2) is 0 Å². The van der Waals surface area contributed by atoms with Gasteiger partial charge in [-0.3, -0.25) is 0 Å². The highest BCUT2D eigenvalue weighted by Gasteiger charge is 2.33. The minimum Gasteiger partial charge on any atom is -0.450 e. The second kappa shape index (κ2) is 5.38. The Bertz CT molecular complexity index is 202. The van der Waals surface area contributed by atoms with Crippen LogP contribution in [0.5, 0.6) is 0 Å². The topological polar surface area (TPSA) is 29.5 Å². The summed E-state index contributed by atoms with van der Waals surface area (Å²) in [4.78, 5) is 13.3. The Morgan fingerprint density at radius 2 is 1.73 bits per heavy atom. The first kappa shape index (κ1) is 12.3. The summed E-state index contributed by atoms with van der Waals surface area (Å²) in [5.74, 6) is 0. The smallest absolute Gasteiger partial charge is 0.409 e. The molecule has 1 aliphatic rings. The van der Waals surface area contributed by atoms with Gasteiger partial charge in [-0.05, 0) is 25.2 Å². The van der Waals surface area contributed by atoms with Gasteiger partial charge in [0, 0.05) is 13.1 Å². The van der Waals surface area contributed by atoms with Crippen LogP contribution in [-0.2, 0) is 4.74 Å². The lowest BCUT2D eigenvalue weighted by atomic mass is 9.74. The third-order valence-electron chi connectivity index (χ3n) is 3.85. The van der Waals surface area contributed by atoms with E-state index in [1.165, 1.54) is 12.8 Å². The predicted molar refractivity (Wildman–Crippen MR) is 60.8 cm³/mol. The molecule has 0 radical (unpaired) electrons. The van der Waals surface area contributed by atoms with E-state index in [-0.39, 0.29) is 6.09 Å². The molecule has 0 bridgehead atoms. The molecule has 0 aliphatic carbocycles. The molecule has 15 heavy (non-hydrogen) atoms. The lowest BCUT2D eigenvalue weighted by Crippen LogP contribution is -2.43. The number of hydrogen-bond donors (Lipinski definition) is 0. The van der Waals surface area contributed by atoms with Gasteiger partial charge in [0.2, 0.25) is 0 Å². The molecule has 0 aromatic rings. The molecule has 1 fully saturated rings. The van der Waals surface area contributed by atoms with E-state index >= 15 is 0 Å². The normalized spacial score (nSPS) is 20.1. The Balaban J connectivity index is 2.44. The van der Waals surface area contributed by atoms with Gasteiger partial charge in [0.05, 0.1) is 6.61 Å². The van der Waals surface area contributed by atoms with Gasteiger partial charge in [-0.2, -0.15) is 0 Å². The highest BCUT2D eigenvalue weighted by atomic mass is 16.6. The molecule has 3 heteroatoms. The van der Waals surface area contributed by atoms with Gasteiger partial charge in [-0.25, -0.2) is 4.79 Å². The van der Waals surface area contributed by atoms with Crippen molar-refractivity contribution in [3.05, 3.63) is 0 Å². The van der Waals surface area contributed by atoms with Crippen molar-refractivity contribution in [2.24, 2.45) is 5.41 Å². The number of amides is 1. The summed E-state index contributed by atoms with van der Waals surface area (Å²) >= 11 is 0. The van der Waals surface area contributed by atoms with E-state index in [9.17, 15) is 4.79 Å². The number of nitrogens with zero attached hydrogens (tertiary/aromatic N) is 1. The predicted octanol–water partition coefficient (Wildman–Crippen LogP) is 3.05. The zero-order chi connectivity index (χ0) is 11.3. The van der Waals surface area contributed by atoms with Crippen LogP contribution in [0.2, 0.25) is 0 Å². The largest absolute Gasteiger partial charge is 0.450 e. The Morgan fingerprint density at radius 1 is 1.20 bits per heavy atom. The molecule has 1 saturated heterocycles. The molecule has 0 unspecified atom stereocenters. The van der Waals surface area contributed by atoms with Crippen LogP contribution in [0, 0.1) is 5.41 Å². The fourth-order valence-corrected chi connectivity index (χ4v) is 2.34. The fraction of sp³-hybridized carbons (Fsp3) is 0.917. The average molecular weight is 213 g/mol. The van der Waals surface area contributed by atoms with E-state index < -0.39 is 0 Å². The standard InChI is InChI=1S/C12H23NO2/c1-4-12(5-2)7-9-13(10-8-12)11(14)15-6-3/h4-10H2,1-3H3. The maximum absolute atomic E-state index is 11.5. The zero-order valence-corrected chi connectivity index (χ0v) is 10.2. The Kier molecular flexibility index (Phi) is 4.43. The minimum atomic E-state index is -0.140. The lowest BCUT2D eigenvalue weighted by Gasteiger charge is -2.40. The van der Waals surface area contributed by atoms with E-state index in [0.717, 1.165) is 25.9 Å². The van der Waals surface area contributed by atoms with Crippen molar-refractivity contribution in [1.82, 2.24) is 4.90 Å². The van der Waals surface area contributed by atoms with Crippen LogP contribution < -0.4 is 0 Å². The van der Waals surface area contributed by atoms with Crippen molar-refractivity contribution in [2.45, 2.75) is 46.5 Å². The molecule has 1 amide bonds. The Labute approximate surface area is 92.8 Å². The van der Waals surface area contributed by atoms with E-state index in [1.54, 1.807) is 0 Å². The number of hydrogen-bond acceptors (Lipinski definition) is 2. The molecule has 88 valence electrons. The van der Waals surface area contributed by atoms with Crippen LogP contribution in [0.1, 0.15) is 46.5 Å². The molecule has 0 saturated carbocycles. The first-order chi connectivity index (χ1) is 7.17. The van der Waals surface area contributed by atoms with Gasteiger partial charge >= 0.3 is 6.09 Å². The van der Waals surface area contributed by atoms with Gasteiger partial charge in [-0.1, -0.05) is 26.7 Å². The summed E-state index contributed by atoms with van der Waals surface area (Å²) in [6.45, 7) is 8.56. The summed E-state index contributed by atoms with van der Waals surface area (Å²) in [5.41, 5.74) is 0.475. The molecule has 3 nitrogen and oxygen atoms in total. The highest BCUT2D eigenvalue weighted by molar-refractivity contribution is 5.67. The van der Waals surface area contributed by atoms with Gasteiger partial charge in [0.15, 0.2) is 0 Å². The van der Waals surface area contributed by atoms with Crippen LogP contribution in [-0.4, -0.2) is 30.7 Å². The molecule has 0 aromatic carbocycles. The SMILES string of the molecule is CCOC(=O)N1CCC(CC)(CC)CC1. The van der Waals surface area contributed by atoms with Crippen molar-refractivity contribution in [3.63, 3.8) is 0 Å². The van der Waals surface area contributed by atoms with Gasteiger partial charge in [0.25, 0.3) is 0 Å². The number of piperidine rings is 1. The zero-order valence-electron chi connectivity index (χ0n) is 10.2. The molecule has 0 N–H and O–H groups in total. The number of likely N-dealkylation sites (tertiary alicyclic amines) is 1. The summed E-state index contributed by atoms with van der Waals surface area (Å²) in [6, 6.07) is 0. The summed E-state index contributed by atoms with van der Waals surface area (Å²) in [5, 5.41) is 0. The fourth-order valence-electron chi connectivity index (χ4n) is 2.34. The average Bonchev–Trinajstić information content (AvgIpc) is 2.29.